The van der Waals surface area contributed by atoms with Crippen LogP contribution in [0.1, 0.15) is 35.7 Å². The summed E-state index contributed by atoms with van der Waals surface area (Å²) in [5, 5.41) is 3.06. The highest BCUT2D eigenvalue weighted by atomic mass is 16.5. The van der Waals surface area contributed by atoms with Gasteiger partial charge in [0.1, 0.15) is 11.1 Å². The third kappa shape index (κ3) is 3.17. The number of pyridine rings is 1. The molecule has 146 valence electrons. The van der Waals surface area contributed by atoms with Crippen LogP contribution in [0.15, 0.2) is 40.1 Å². The fourth-order valence-corrected chi connectivity index (χ4v) is 3.04. The van der Waals surface area contributed by atoms with Crippen LogP contribution in [0, 0.1) is 0 Å². The van der Waals surface area contributed by atoms with E-state index in [2.05, 4.69) is 10.3 Å². The van der Waals surface area contributed by atoms with Gasteiger partial charge in [0.2, 0.25) is 0 Å². The molecule has 3 rings (SSSR count). The third-order valence-corrected chi connectivity index (χ3v) is 4.71. The van der Waals surface area contributed by atoms with Gasteiger partial charge in [0.05, 0.1) is 12.8 Å². The molecule has 1 amide bonds. The first-order valence-corrected chi connectivity index (χ1v) is 8.80. The van der Waals surface area contributed by atoms with E-state index in [4.69, 9.17) is 4.74 Å². The van der Waals surface area contributed by atoms with E-state index < -0.39 is 11.2 Å². The maximum atomic E-state index is 12.8. The Hall–Kier alpha value is -3.42. The molecular weight excluding hydrogens is 360 g/mol. The zero-order chi connectivity index (χ0) is 20.6. The predicted octanol–water partition coefficient (Wildman–Crippen LogP) is 2.02. The topological polar surface area (TPSA) is 95.2 Å². The smallest absolute Gasteiger partial charge is 0.332 e. The summed E-state index contributed by atoms with van der Waals surface area (Å²) in [5.74, 6) is 0.274. The highest BCUT2D eigenvalue weighted by molar-refractivity contribution is 6.09. The van der Waals surface area contributed by atoms with E-state index in [0.29, 0.717) is 22.6 Å². The van der Waals surface area contributed by atoms with Crippen molar-refractivity contribution in [1.82, 2.24) is 14.1 Å². The molecule has 0 radical (unpaired) electrons. The van der Waals surface area contributed by atoms with Gasteiger partial charge in [-0.2, -0.15) is 0 Å². The number of amides is 1. The lowest BCUT2D eigenvalue weighted by Crippen LogP contribution is -2.38. The Morgan fingerprint density at radius 1 is 1.11 bits per heavy atom. The molecule has 0 bridgehead atoms. The van der Waals surface area contributed by atoms with E-state index in [9.17, 15) is 14.4 Å². The molecule has 0 spiro atoms. The lowest BCUT2D eigenvalue weighted by molar-refractivity contribution is 0.102. The fraction of sp³-hybridized carbons (Fsp3) is 0.300. The van der Waals surface area contributed by atoms with Crippen LogP contribution in [0.5, 0.6) is 5.75 Å². The van der Waals surface area contributed by atoms with Crippen LogP contribution < -0.4 is 21.3 Å². The molecule has 3 aromatic rings. The van der Waals surface area contributed by atoms with Crippen LogP contribution in [0.4, 0.5) is 5.69 Å². The van der Waals surface area contributed by atoms with Crippen LogP contribution >= 0.6 is 0 Å². The van der Waals surface area contributed by atoms with Crippen LogP contribution in [-0.4, -0.2) is 27.1 Å². The summed E-state index contributed by atoms with van der Waals surface area (Å²) >= 11 is 0. The van der Waals surface area contributed by atoms with Crippen molar-refractivity contribution in [1.29, 1.82) is 0 Å². The minimum Gasteiger partial charge on any atom is -0.497 e. The van der Waals surface area contributed by atoms with Gasteiger partial charge in [0, 0.05) is 25.9 Å². The van der Waals surface area contributed by atoms with Gasteiger partial charge in [0.25, 0.3) is 11.5 Å². The maximum absolute atomic E-state index is 12.8. The van der Waals surface area contributed by atoms with E-state index in [1.165, 1.54) is 11.6 Å². The highest BCUT2D eigenvalue weighted by Gasteiger charge is 2.20. The Bertz CT molecular complexity index is 1170. The van der Waals surface area contributed by atoms with E-state index >= 15 is 0 Å². The first kappa shape index (κ1) is 19.3. The van der Waals surface area contributed by atoms with Crippen LogP contribution in [0.3, 0.4) is 0 Å². The number of anilines is 1. The number of fused-ring (bicyclic) bond motifs is 1. The molecule has 0 aliphatic heterocycles. The summed E-state index contributed by atoms with van der Waals surface area (Å²) in [6.07, 6.45) is 1.59. The molecule has 2 aromatic heterocycles. The maximum Gasteiger partial charge on any atom is 0.332 e. The summed E-state index contributed by atoms with van der Waals surface area (Å²) < 4.78 is 7.42. The number of aromatic nitrogens is 3. The molecular formula is C20H22N4O4. The van der Waals surface area contributed by atoms with Crippen LogP contribution in [0.2, 0.25) is 0 Å². The lowest BCUT2D eigenvalue weighted by atomic mass is 10.0. The van der Waals surface area contributed by atoms with Crippen molar-refractivity contribution >= 4 is 22.6 Å². The van der Waals surface area contributed by atoms with Gasteiger partial charge in [0.15, 0.2) is 5.65 Å². The quantitative estimate of drug-likeness (QED) is 0.745. The number of carbonyl (C=O) groups is 1. The molecule has 0 fully saturated rings. The molecule has 28 heavy (non-hydrogen) atoms. The monoisotopic (exact) mass is 382 g/mol. The number of methoxy groups -OCH3 is 1. The highest BCUT2D eigenvalue weighted by Crippen LogP contribution is 2.29. The zero-order valence-electron chi connectivity index (χ0n) is 16.4. The SMILES string of the molecule is COc1ccc(C(=O)Nc2c(C(C)C)cnc3c2c(=O)n(C)c(=O)n3C)cc1. The van der Waals surface area contributed by atoms with E-state index in [0.717, 1.165) is 4.57 Å². The van der Waals surface area contributed by atoms with Crippen LogP contribution in [-0.2, 0) is 14.1 Å². The summed E-state index contributed by atoms with van der Waals surface area (Å²) in [6.45, 7) is 3.89. The van der Waals surface area contributed by atoms with Crippen molar-refractivity contribution in [2.75, 3.05) is 12.4 Å². The second kappa shape index (κ2) is 7.30. The van der Waals surface area contributed by atoms with Crippen LogP contribution in [0.25, 0.3) is 11.0 Å². The number of rotatable bonds is 4. The molecule has 8 nitrogen and oxygen atoms in total. The largest absolute Gasteiger partial charge is 0.497 e. The first-order valence-electron chi connectivity index (χ1n) is 8.80. The molecule has 2 heterocycles. The van der Waals surface area contributed by atoms with Crippen molar-refractivity contribution in [2.24, 2.45) is 14.1 Å². The molecule has 0 unspecified atom stereocenters. The normalized spacial score (nSPS) is 11.1. The average Bonchev–Trinajstić information content (AvgIpc) is 2.70. The number of benzene rings is 1. The Labute approximate surface area is 161 Å². The Kier molecular flexibility index (Phi) is 5.04. The number of aryl methyl sites for hydroxylation is 1. The minimum absolute atomic E-state index is 0.00464. The van der Waals surface area contributed by atoms with Crippen molar-refractivity contribution in [3.8, 4) is 5.75 Å². The molecule has 0 aliphatic rings. The van der Waals surface area contributed by atoms with Gasteiger partial charge < -0.3 is 10.1 Å². The number of hydrogen-bond acceptors (Lipinski definition) is 5. The van der Waals surface area contributed by atoms with E-state index in [1.54, 1.807) is 44.6 Å². The minimum atomic E-state index is -0.502. The summed E-state index contributed by atoms with van der Waals surface area (Å²) in [5.41, 5.74) is 0.750. The van der Waals surface area contributed by atoms with E-state index in [-0.39, 0.29) is 22.9 Å². The lowest BCUT2D eigenvalue weighted by Gasteiger charge is -2.17. The molecule has 8 heteroatoms. The number of ether oxygens (including phenoxy) is 1. The second-order valence-corrected chi connectivity index (χ2v) is 6.83. The van der Waals surface area contributed by atoms with E-state index in [1.807, 2.05) is 13.8 Å². The standard InChI is InChI=1S/C20H22N4O4/c1-11(2)14-10-21-17-15(19(26)24(4)20(27)23(17)3)16(14)22-18(25)12-6-8-13(28-5)9-7-12/h6-11H,1-5H3,(H,21,22,25). The van der Waals surface area contributed by atoms with Gasteiger partial charge in [-0.05, 0) is 35.7 Å². The number of carbonyl (C=O) groups excluding carboxylic acids is 1. The molecule has 0 saturated heterocycles. The Morgan fingerprint density at radius 3 is 2.32 bits per heavy atom. The van der Waals surface area contributed by atoms with Crippen molar-refractivity contribution in [2.45, 2.75) is 19.8 Å². The molecule has 0 atom stereocenters. The summed E-state index contributed by atoms with van der Waals surface area (Å²) in [4.78, 5) is 42.2. The van der Waals surface area contributed by atoms with Gasteiger partial charge in [-0.3, -0.25) is 18.7 Å². The molecule has 0 saturated carbocycles. The first-order chi connectivity index (χ1) is 13.3. The second-order valence-electron chi connectivity index (χ2n) is 6.83. The van der Waals surface area contributed by atoms with Gasteiger partial charge in [-0.15, -0.1) is 0 Å². The zero-order valence-corrected chi connectivity index (χ0v) is 16.4. The van der Waals surface area contributed by atoms with Crippen molar-refractivity contribution in [3.63, 3.8) is 0 Å². The number of nitrogens with zero attached hydrogens (tertiary/aromatic N) is 3. The number of hydrogen-bond donors (Lipinski definition) is 1. The summed E-state index contributed by atoms with van der Waals surface area (Å²) in [7, 11) is 4.50. The van der Waals surface area contributed by atoms with Gasteiger partial charge in [-0.25, -0.2) is 9.78 Å². The van der Waals surface area contributed by atoms with Crippen molar-refractivity contribution in [3.05, 3.63) is 62.4 Å². The average molecular weight is 382 g/mol. The van der Waals surface area contributed by atoms with Crippen molar-refractivity contribution < 1.29 is 9.53 Å². The Morgan fingerprint density at radius 2 is 1.75 bits per heavy atom. The Balaban J connectivity index is 2.22. The third-order valence-electron chi connectivity index (χ3n) is 4.71. The number of nitrogens with one attached hydrogen (secondary N) is 1. The molecule has 1 aromatic carbocycles. The molecule has 1 N–H and O–H groups in total. The summed E-state index contributed by atoms with van der Waals surface area (Å²) in [6, 6.07) is 6.65. The fourth-order valence-electron chi connectivity index (χ4n) is 3.04. The molecule has 0 aliphatic carbocycles. The van der Waals surface area contributed by atoms with Gasteiger partial charge in [-0.1, -0.05) is 13.8 Å². The predicted molar refractivity (Wildman–Crippen MR) is 107 cm³/mol. The van der Waals surface area contributed by atoms with Gasteiger partial charge >= 0.3 is 5.69 Å².